The maximum atomic E-state index is 12.7. The van der Waals surface area contributed by atoms with E-state index in [4.69, 9.17) is 10.8 Å². The van der Waals surface area contributed by atoms with E-state index in [0.29, 0.717) is 5.69 Å². The molecule has 1 aromatic rings. The number of carboxylic acid groups (broad SMARTS) is 1. The molecule has 1 rings (SSSR count). The first kappa shape index (κ1) is 24.0. The Morgan fingerprint density at radius 1 is 1.14 bits per heavy atom. The molecule has 0 aliphatic carbocycles. The highest BCUT2D eigenvalue weighted by atomic mass is 16.4. The lowest BCUT2D eigenvalue weighted by molar-refractivity contribution is -0.139. The smallest absolute Gasteiger partial charge is 0.322 e. The quantitative estimate of drug-likeness (QED) is 0.206. The average Bonchev–Trinajstić information content (AvgIpc) is 3.15. The number of imidazole rings is 1. The van der Waals surface area contributed by atoms with Crippen LogP contribution in [0.1, 0.15) is 26.5 Å². The van der Waals surface area contributed by atoms with Crippen LogP contribution < -0.4 is 21.7 Å². The van der Waals surface area contributed by atoms with E-state index in [2.05, 4.69) is 25.9 Å². The van der Waals surface area contributed by atoms with E-state index in [1.165, 1.54) is 19.4 Å². The van der Waals surface area contributed by atoms with Crippen LogP contribution in [0.3, 0.4) is 0 Å². The number of carbonyl (C=O) groups excluding carboxylic acids is 3. The van der Waals surface area contributed by atoms with E-state index >= 15 is 0 Å². The summed E-state index contributed by atoms with van der Waals surface area (Å²) in [6, 6.07) is -3.37. The first-order valence-electron chi connectivity index (χ1n) is 9.04. The van der Waals surface area contributed by atoms with Crippen molar-refractivity contribution in [1.82, 2.24) is 25.9 Å². The molecule has 12 heteroatoms. The van der Waals surface area contributed by atoms with Crippen molar-refractivity contribution in [3.63, 3.8) is 0 Å². The van der Waals surface area contributed by atoms with Gasteiger partial charge in [0.05, 0.1) is 18.5 Å². The molecule has 4 atom stereocenters. The van der Waals surface area contributed by atoms with Gasteiger partial charge in [0, 0.05) is 18.3 Å². The fourth-order valence-corrected chi connectivity index (χ4v) is 2.33. The summed E-state index contributed by atoms with van der Waals surface area (Å²) in [4.78, 5) is 54.5. The number of nitrogens with zero attached hydrogens (tertiary/aromatic N) is 1. The van der Waals surface area contributed by atoms with E-state index in [1.54, 1.807) is 13.8 Å². The Bertz CT molecular complexity index is 705. The van der Waals surface area contributed by atoms with Crippen molar-refractivity contribution in [1.29, 1.82) is 0 Å². The fraction of sp³-hybridized carbons (Fsp3) is 0.588. The average molecular weight is 412 g/mol. The summed E-state index contributed by atoms with van der Waals surface area (Å²) >= 11 is 0. The van der Waals surface area contributed by atoms with Crippen molar-refractivity contribution in [3.05, 3.63) is 18.2 Å². The molecular weight excluding hydrogens is 384 g/mol. The van der Waals surface area contributed by atoms with Gasteiger partial charge in [0.1, 0.15) is 18.6 Å². The monoisotopic (exact) mass is 412 g/mol. The maximum absolute atomic E-state index is 12.7. The summed E-state index contributed by atoms with van der Waals surface area (Å²) in [5.41, 5.74) is 6.37. The lowest BCUT2D eigenvalue weighted by Crippen LogP contribution is -2.59. The number of hydrogen-bond donors (Lipinski definition) is 7. The Labute approximate surface area is 167 Å². The molecule has 0 saturated heterocycles. The molecule has 162 valence electrons. The highest BCUT2D eigenvalue weighted by Crippen LogP contribution is 2.04. The van der Waals surface area contributed by atoms with Gasteiger partial charge in [-0.15, -0.1) is 0 Å². The second kappa shape index (κ2) is 11.1. The van der Waals surface area contributed by atoms with E-state index in [9.17, 15) is 24.3 Å². The van der Waals surface area contributed by atoms with Crippen molar-refractivity contribution in [2.24, 2.45) is 11.7 Å². The largest absolute Gasteiger partial charge is 0.480 e. The van der Waals surface area contributed by atoms with Gasteiger partial charge in [-0.1, -0.05) is 13.8 Å². The van der Waals surface area contributed by atoms with Gasteiger partial charge in [-0.2, -0.15) is 0 Å². The molecule has 0 radical (unpaired) electrons. The summed E-state index contributed by atoms with van der Waals surface area (Å²) in [7, 11) is 0. The van der Waals surface area contributed by atoms with Crippen LogP contribution in [0.25, 0.3) is 0 Å². The molecule has 0 bridgehead atoms. The number of hydrogen-bond acceptors (Lipinski definition) is 7. The van der Waals surface area contributed by atoms with Crippen LogP contribution in [0.5, 0.6) is 0 Å². The SMILES string of the molecule is CC(C)C(N)C(=O)NC(Cc1cnc[nH]1)C(=O)NC(C(=O)NCC(=O)O)C(C)O. The summed E-state index contributed by atoms with van der Waals surface area (Å²) < 4.78 is 0. The van der Waals surface area contributed by atoms with E-state index in [0.717, 1.165) is 0 Å². The molecule has 0 aliphatic heterocycles. The number of carbonyl (C=O) groups is 4. The Morgan fingerprint density at radius 2 is 1.79 bits per heavy atom. The molecule has 0 saturated carbocycles. The minimum absolute atomic E-state index is 0.0334. The summed E-state index contributed by atoms with van der Waals surface area (Å²) in [6.45, 7) is 4.10. The normalized spacial score (nSPS) is 15.1. The predicted octanol–water partition coefficient (Wildman–Crippen LogP) is -2.51. The Kier molecular flexibility index (Phi) is 9.22. The van der Waals surface area contributed by atoms with E-state index < -0.39 is 54.5 Å². The number of aliphatic hydroxyl groups excluding tert-OH is 1. The van der Waals surface area contributed by atoms with Crippen molar-refractivity contribution in [2.75, 3.05) is 6.54 Å². The second-order valence-electron chi connectivity index (χ2n) is 6.95. The molecule has 1 heterocycles. The third-order valence-corrected chi connectivity index (χ3v) is 4.11. The van der Waals surface area contributed by atoms with Gasteiger partial charge in [0.25, 0.3) is 0 Å². The van der Waals surface area contributed by atoms with E-state index in [1.807, 2.05) is 0 Å². The molecule has 0 fully saturated rings. The number of carboxylic acids is 1. The standard InChI is InChI=1S/C17H28N6O6/c1-8(2)13(18)16(28)22-11(4-10-5-19-7-21-10)15(27)23-14(9(3)24)17(29)20-6-12(25)26/h5,7-9,11,13-14,24H,4,6,18H2,1-3H3,(H,19,21)(H,20,29)(H,22,28)(H,23,27)(H,25,26). The molecule has 0 spiro atoms. The van der Waals surface area contributed by atoms with Gasteiger partial charge in [-0.3, -0.25) is 19.2 Å². The zero-order valence-electron chi connectivity index (χ0n) is 16.5. The van der Waals surface area contributed by atoms with Crippen LogP contribution in [-0.4, -0.2) is 74.6 Å². The number of rotatable bonds is 11. The number of aromatic amines is 1. The van der Waals surface area contributed by atoms with Gasteiger partial charge in [-0.05, 0) is 12.8 Å². The topological polar surface area (TPSA) is 200 Å². The Balaban J connectivity index is 2.93. The maximum Gasteiger partial charge on any atom is 0.322 e. The van der Waals surface area contributed by atoms with E-state index in [-0.39, 0.29) is 12.3 Å². The zero-order valence-corrected chi connectivity index (χ0v) is 16.5. The molecule has 0 aromatic carbocycles. The first-order valence-corrected chi connectivity index (χ1v) is 9.04. The predicted molar refractivity (Wildman–Crippen MR) is 101 cm³/mol. The fourth-order valence-electron chi connectivity index (χ4n) is 2.33. The minimum atomic E-state index is -1.42. The highest BCUT2D eigenvalue weighted by Gasteiger charge is 2.31. The molecule has 29 heavy (non-hydrogen) atoms. The number of nitrogens with one attached hydrogen (secondary N) is 4. The van der Waals surface area contributed by atoms with Crippen LogP contribution in [0.15, 0.2) is 12.5 Å². The number of H-pyrrole nitrogens is 1. The molecule has 0 aliphatic rings. The Morgan fingerprint density at radius 3 is 2.28 bits per heavy atom. The molecule has 4 unspecified atom stereocenters. The lowest BCUT2D eigenvalue weighted by atomic mass is 10.0. The number of aliphatic hydroxyl groups is 1. The molecule has 3 amide bonds. The zero-order chi connectivity index (χ0) is 22.1. The molecular formula is C17H28N6O6. The number of aliphatic carboxylic acids is 1. The second-order valence-corrected chi connectivity index (χ2v) is 6.95. The number of nitrogens with two attached hydrogens (primary N) is 1. The van der Waals surface area contributed by atoms with Crippen molar-refractivity contribution in [2.45, 2.75) is 51.4 Å². The van der Waals surface area contributed by atoms with Gasteiger partial charge in [-0.25, -0.2) is 4.98 Å². The van der Waals surface area contributed by atoms with Crippen LogP contribution in [0.2, 0.25) is 0 Å². The third-order valence-electron chi connectivity index (χ3n) is 4.11. The van der Waals surface area contributed by atoms with Crippen LogP contribution >= 0.6 is 0 Å². The summed E-state index contributed by atoms with van der Waals surface area (Å²) in [5.74, 6) is -3.62. The summed E-state index contributed by atoms with van der Waals surface area (Å²) in [5, 5.41) is 25.5. The minimum Gasteiger partial charge on any atom is -0.480 e. The van der Waals surface area contributed by atoms with Gasteiger partial charge in [0.15, 0.2) is 0 Å². The van der Waals surface area contributed by atoms with Crippen molar-refractivity contribution in [3.8, 4) is 0 Å². The van der Waals surface area contributed by atoms with Gasteiger partial charge in [0.2, 0.25) is 17.7 Å². The lowest BCUT2D eigenvalue weighted by Gasteiger charge is -2.25. The third kappa shape index (κ3) is 7.87. The van der Waals surface area contributed by atoms with Gasteiger partial charge < -0.3 is 36.9 Å². The van der Waals surface area contributed by atoms with Crippen LogP contribution in [0.4, 0.5) is 0 Å². The van der Waals surface area contributed by atoms with Crippen molar-refractivity contribution < 1.29 is 29.4 Å². The summed E-state index contributed by atoms with van der Waals surface area (Å²) in [6.07, 6.45) is 1.60. The highest BCUT2D eigenvalue weighted by molar-refractivity contribution is 5.94. The number of aromatic nitrogens is 2. The van der Waals surface area contributed by atoms with Crippen molar-refractivity contribution >= 4 is 23.7 Å². The molecule has 8 N–H and O–H groups in total. The van der Waals surface area contributed by atoms with Crippen LogP contribution in [-0.2, 0) is 25.6 Å². The first-order chi connectivity index (χ1) is 13.5. The van der Waals surface area contributed by atoms with Gasteiger partial charge >= 0.3 is 5.97 Å². The molecule has 12 nitrogen and oxygen atoms in total. The molecule has 1 aromatic heterocycles. The number of amides is 3. The van der Waals surface area contributed by atoms with Crippen LogP contribution in [0, 0.1) is 5.92 Å². The Hall–Kier alpha value is -2.99.